The SMILES string of the molecule is CC(C)CNS(=O)(=O)N1CCOc2ccccc21. The lowest BCUT2D eigenvalue weighted by atomic mass is 10.2. The first-order valence-electron chi connectivity index (χ1n) is 6.00. The van der Waals surface area contributed by atoms with E-state index in [-0.39, 0.29) is 5.92 Å². The van der Waals surface area contributed by atoms with E-state index in [9.17, 15) is 8.42 Å². The van der Waals surface area contributed by atoms with Crippen LogP contribution >= 0.6 is 0 Å². The van der Waals surface area contributed by atoms with Crippen LogP contribution in [0.2, 0.25) is 0 Å². The summed E-state index contributed by atoms with van der Waals surface area (Å²) < 4.78 is 33.8. The lowest BCUT2D eigenvalue weighted by molar-refractivity contribution is 0.315. The van der Waals surface area contributed by atoms with E-state index in [1.165, 1.54) is 4.31 Å². The molecule has 0 unspecified atom stereocenters. The number of benzene rings is 1. The van der Waals surface area contributed by atoms with Crippen LogP contribution in [0.25, 0.3) is 0 Å². The molecule has 100 valence electrons. The minimum Gasteiger partial charge on any atom is -0.489 e. The van der Waals surface area contributed by atoms with Gasteiger partial charge in [0.1, 0.15) is 12.4 Å². The van der Waals surface area contributed by atoms with Crippen molar-refractivity contribution in [3.8, 4) is 5.75 Å². The fourth-order valence-electron chi connectivity index (χ4n) is 1.74. The number of fused-ring (bicyclic) bond motifs is 1. The molecule has 1 heterocycles. The molecule has 0 spiro atoms. The Morgan fingerprint density at radius 3 is 2.83 bits per heavy atom. The fourth-order valence-corrected chi connectivity index (χ4v) is 3.17. The number of hydrogen-bond acceptors (Lipinski definition) is 3. The van der Waals surface area contributed by atoms with Crippen LogP contribution in [-0.4, -0.2) is 28.1 Å². The third kappa shape index (κ3) is 2.76. The van der Waals surface area contributed by atoms with Gasteiger partial charge in [-0.05, 0) is 18.1 Å². The van der Waals surface area contributed by atoms with Crippen molar-refractivity contribution in [2.75, 3.05) is 24.0 Å². The van der Waals surface area contributed by atoms with Gasteiger partial charge in [0.2, 0.25) is 0 Å². The molecule has 0 saturated heterocycles. The molecule has 0 fully saturated rings. The zero-order valence-electron chi connectivity index (χ0n) is 10.6. The lowest BCUT2D eigenvalue weighted by Gasteiger charge is -2.30. The van der Waals surface area contributed by atoms with Crippen molar-refractivity contribution in [2.24, 2.45) is 5.92 Å². The van der Waals surface area contributed by atoms with Gasteiger partial charge in [-0.3, -0.25) is 4.31 Å². The first kappa shape index (κ1) is 13.2. The van der Waals surface area contributed by atoms with Gasteiger partial charge in [-0.2, -0.15) is 13.1 Å². The van der Waals surface area contributed by atoms with Gasteiger partial charge in [0.15, 0.2) is 0 Å². The number of rotatable bonds is 4. The van der Waals surface area contributed by atoms with Gasteiger partial charge in [0.25, 0.3) is 0 Å². The van der Waals surface area contributed by atoms with Gasteiger partial charge < -0.3 is 4.74 Å². The van der Waals surface area contributed by atoms with E-state index in [1.807, 2.05) is 19.9 Å². The molecular formula is C12H18N2O3S. The van der Waals surface area contributed by atoms with Gasteiger partial charge >= 0.3 is 10.2 Å². The lowest BCUT2D eigenvalue weighted by Crippen LogP contribution is -2.45. The largest absolute Gasteiger partial charge is 0.489 e. The van der Waals surface area contributed by atoms with Crippen LogP contribution in [0.1, 0.15) is 13.8 Å². The average Bonchev–Trinajstić information content (AvgIpc) is 2.36. The highest BCUT2D eigenvalue weighted by Gasteiger charge is 2.27. The predicted octanol–water partition coefficient (Wildman–Crippen LogP) is 1.38. The summed E-state index contributed by atoms with van der Waals surface area (Å²) in [5.41, 5.74) is 0.597. The number of nitrogens with one attached hydrogen (secondary N) is 1. The van der Waals surface area contributed by atoms with Crippen LogP contribution in [0.15, 0.2) is 24.3 Å². The van der Waals surface area contributed by atoms with Crippen molar-refractivity contribution >= 4 is 15.9 Å². The van der Waals surface area contributed by atoms with Crippen molar-refractivity contribution in [1.29, 1.82) is 0 Å². The summed E-state index contributed by atoms with van der Waals surface area (Å²) >= 11 is 0. The normalized spacial score (nSPS) is 15.4. The molecule has 0 saturated carbocycles. The minimum atomic E-state index is -3.49. The smallest absolute Gasteiger partial charge is 0.301 e. The van der Waals surface area contributed by atoms with E-state index in [4.69, 9.17) is 4.74 Å². The maximum Gasteiger partial charge on any atom is 0.301 e. The first-order chi connectivity index (χ1) is 8.50. The second-order valence-electron chi connectivity index (χ2n) is 4.64. The standard InChI is InChI=1S/C12H18N2O3S/c1-10(2)9-13-18(15,16)14-7-8-17-12-6-4-3-5-11(12)14/h3-6,10,13H,7-9H2,1-2H3. The van der Waals surface area contributed by atoms with Gasteiger partial charge in [-0.25, -0.2) is 0 Å². The molecular weight excluding hydrogens is 252 g/mol. The van der Waals surface area contributed by atoms with Crippen molar-refractivity contribution in [2.45, 2.75) is 13.8 Å². The molecule has 18 heavy (non-hydrogen) atoms. The molecule has 1 aliphatic rings. The summed E-state index contributed by atoms with van der Waals surface area (Å²) in [5, 5.41) is 0. The average molecular weight is 270 g/mol. The molecule has 0 aliphatic carbocycles. The zero-order chi connectivity index (χ0) is 13.2. The number of para-hydroxylation sites is 2. The van der Waals surface area contributed by atoms with E-state index >= 15 is 0 Å². The van der Waals surface area contributed by atoms with Crippen molar-refractivity contribution in [1.82, 2.24) is 4.72 Å². The fraction of sp³-hybridized carbons (Fsp3) is 0.500. The molecule has 1 aromatic carbocycles. The molecule has 1 aliphatic heterocycles. The summed E-state index contributed by atoms with van der Waals surface area (Å²) in [6.07, 6.45) is 0. The number of ether oxygens (including phenoxy) is 1. The van der Waals surface area contributed by atoms with Crippen molar-refractivity contribution in [3.63, 3.8) is 0 Å². The Labute approximate surface area is 108 Å². The molecule has 0 atom stereocenters. The Morgan fingerprint density at radius 1 is 1.39 bits per heavy atom. The monoisotopic (exact) mass is 270 g/mol. The molecule has 2 rings (SSSR count). The molecule has 0 aromatic heterocycles. The molecule has 6 heteroatoms. The van der Waals surface area contributed by atoms with Crippen molar-refractivity contribution in [3.05, 3.63) is 24.3 Å². The Morgan fingerprint density at radius 2 is 2.11 bits per heavy atom. The number of anilines is 1. The Balaban J connectivity index is 2.24. The quantitative estimate of drug-likeness (QED) is 0.899. The van der Waals surface area contributed by atoms with E-state index in [1.54, 1.807) is 18.2 Å². The van der Waals surface area contributed by atoms with E-state index in [2.05, 4.69) is 4.72 Å². The summed E-state index contributed by atoms with van der Waals surface area (Å²) in [4.78, 5) is 0. The van der Waals surface area contributed by atoms with Gasteiger partial charge in [-0.15, -0.1) is 0 Å². The second kappa shape index (κ2) is 5.16. The van der Waals surface area contributed by atoms with E-state index in [0.717, 1.165) is 0 Å². The highest BCUT2D eigenvalue weighted by Crippen LogP contribution is 2.32. The zero-order valence-corrected chi connectivity index (χ0v) is 11.4. The summed E-state index contributed by atoms with van der Waals surface area (Å²) in [7, 11) is -3.49. The highest BCUT2D eigenvalue weighted by atomic mass is 32.2. The molecule has 5 nitrogen and oxygen atoms in total. The molecule has 0 bridgehead atoms. The maximum absolute atomic E-state index is 12.2. The van der Waals surface area contributed by atoms with Crippen LogP contribution in [-0.2, 0) is 10.2 Å². The van der Waals surface area contributed by atoms with Gasteiger partial charge in [-0.1, -0.05) is 26.0 Å². The summed E-state index contributed by atoms with van der Waals surface area (Å²) in [6.45, 7) is 5.08. The van der Waals surface area contributed by atoms with E-state index in [0.29, 0.717) is 31.1 Å². The minimum absolute atomic E-state index is 0.274. The predicted molar refractivity (Wildman–Crippen MR) is 71.0 cm³/mol. The highest BCUT2D eigenvalue weighted by molar-refractivity contribution is 7.90. The Kier molecular flexibility index (Phi) is 3.77. The summed E-state index contributed by atoms with van der Waals surface area (Å²) in [6, 6.07) is 7.16. The van der Waals surface area contributed by atoms with Crippen LogP contribution in [0.5, 0.6) is 5.75 Å². The first-order valence-corrected chi connectivity index (χ1v) is 7.44. The molecule has 0 amide bonds. The second-order valence-corrected chi connectivity index (χ2v) is 6.32. The van der Waals surface area contributed by atoms with Crippen LogP contribution in [0.4, 0.5) is 5.69 Å². The van der Waals surface area contributed by atoms with E-state index < -0.39 is 10.2 Å². The summed E-state index contributed by atoms with van der Waals surface area (Å²) in [5.74, 6) is 0.884. The number of nitrogens with zero attached hydrogens (tertiary/aromatic N) is 1. The molecule has 1 aromatic rings. The van der Waals surface area contributed by atoms with Crippen LogP contribution in [0, 0.1) is 5.92 Å². The molecule has 0 radical (unpaired) electrons. The topological polar surface area (TPSA) is 58.6 Å². The Bertz CT molecular complexity index is 514. The third-order valence-electron chi connectivity index (χ3n) is 2.65. The Hall–Kier alpha value is -1.27. The van der Waals surface area contributed by atoms with Crippen LogP contribution < -0.4 is 13.8 Å². The van der Waals surface area contributed by atoms with Crippen LogP contribution in [0.3, 0.4) is 0 Å². The van der Waals surface area contributed by atoms with Gasteiger partial charge in [0.05, 0.1) is 12.2 Å². The van der Waals surface area contributed by atoms with Gasteiger partial charge in [0, 0.05) is 6.54 Å². The number of hydrogen-bond donors (Lipinski definition) is 1. The third-order valence-corrected chi connectivity index (χ3v) is 4.14. The van der Waals surface area contributed by atoms with Crippen molar-refractivity contribution < 1.29 is 13.2 Å². The molecule has 1 N–H and O–H groups in total. The maximum atomic E-state index is 12.2.